The first-order chi connectivity index (χ1) is 8.86. The average molecular weight is 247 g/mol. The van der Waals surface area contributed by atoms with Gasteiger partial charge in [-0.15, -0.1) is 0 Å². The van der Waals surface area contributed by atoms with Gasteiger partial charge in [-0.1, -0.05) is 30.3 Å². The van der Waals surface area contributed by atoms with Gasteiger partial charge in [-0.2, -0.15) is 0 Å². The molecule has 1 aliphatic rings. The Morgan fingerprint density at radius 1 is 1.22 bits per heavy atom. The van der Waals surface area contributed by atoms with E-state index in [4.69, 9.17) is 4.74 Å². The topological polar surface area (TPSA) is 21.3 Å². The highest BCUT2D eigenvalue weighted by atomic mass is 16.5. The predicted octanol–water partition coefficient (Wildman–Crippen LogP) is 3.02. The van der Waals surface area contributed by atoms with Gasteiger partial charge in [-0.3, -0.25) is 0 Å². The maximum Gasteiger partial charge on any atom is 0.0588 e. The van der Waals surface area contributed by atoms with Crippen LogP contribution in [0, 0.1) is 5.92 Å². The van der Waals surface area contributed by atoms with E-state index in [1.165, 1.54) is 31.2 Å². The predicted molar refractivity (Wildman–Crippen MR) is 75.8 cm³/mol. The minimum atomic E-state index is 0.446. The summed E-state index contributed by atoms with van der Waals surface area (Å²) in [5, 5.41) is 3.56. The van der Waals surface area contributed by atoms with Crippen molar-refractivity contribution in [2.45, 2.75) is 38.7 Å². The van der Waals surface area contributed by atoms with Crippen LogP contribution in [0.25, 0.3) is 0 Å². The third-order valence-electron chi connectivity index (χ3n) is 3.85. The summed E-state index contributed by atoms with van der Waals surface area (Å²) >= 11 is 0. The molecule has 0 saturated carbocycles. The molecular formula is C16H25NO. The molecule has 1 aromatic rings. The first-order valence-corrected chi connectivity index (χ1v) is 7.22. The maximum absolute atomic E-state index is 5.56. The molecule has 0 spiro atoms. The largest absolute Gasteiger partial charge is 0.378 e. The summed E-state index contributed by atoms with van der Waals surface area (Å²) in [7, 11) is 0. The normalized spacial score (nSPS) is 23.4. The fourth-order valence-electron chi connectivity index (χ4n) is 2.56. The van der Waals surface area contributed by atoms with E-state index >= 15 is 0 Å². The second-order valence-corrected chi connectivity index (χ2v) is 5.27. The number of hydrogen-bond donors (Lipinski definition) is 1. The monoisotopic (exact) mass is 247 g/mol. The van der Waals surface area contributed by atoms with E-state index in [1.54, 1.807) is 0 Å². The van der Waals surface area contributed by atoms with Crippen molar-refractivity contribution in [1.82, 2.24) is 5.32 Å². The summed E-state index contributed by atoms with van der Waals surface area (Å²) in [5.41, 5.74) is 1.45. The summed E-state index contributed by atoms with van der Waals surface area (Å²) in [4.78, 5) is 0. The quantitative estimate of drug-likeness (QED) is 0.748. The molecule has 0 aliphatic carbocycles. The number of aryl methyl sites for hydroxylation is 1. The second-order valence-electron chi connectivity index (χ2n) is 5.27. The van der Waals surface area contributed by atoms with Crippen molar-refractivity contribution < 1.29 is 4.74 Å². The molecule has 1 fully saturated rings. The fourth-order valence-corrected chi connectivity index (χ4v) is 2.56. The standard InChI is InChI=1S/C16H25NO/c1-14-16(10-12-18-14)13-17-11-6-5-9-15-7-3-2-4-8-15/h2-4,7-8,14,16-17H,5-6,9-13H2,1H3. The smallest absolute Gasteiger partial charge is 0.0588 e. The summed E-state index contributed by atoms with van der Waals surface area (Å²) < 4.78 is 5.56. The maximum atomic E-state index is 5.56. The third kappa shape index (κ3) is 4.43. The van der Waals surface area contributed by atoms with Crippen LogP contribution in [0.5, 0.6) is 0 Å². The van der Waals surface area contributed by atoms with E-state index in [0.717, 1.165) is 25.6 Å². The lowest BCUT2D eigenvalue weighted by molar-refractivity contribution is 0.105. The molecular weight excluding hydrogens is 222 g/mol. The van der Waals surface area contributed by atoms with Gasteiger partial charge >= 0.3 is 0 Å². The summed E-state index contributed by atoms with van der Waals surface area (Å²) in [6, 6.07) is 10.7. The first-order valence-electron chi connectivity index (χ1n) is 7.22. The summed E-state index contributed by atoms with van der Waals surface area (Å²) in [5.74, 6) is 0.721. The molecule has 18 heavy (non-hydrogen) atoms. The molecule has 0 radical (unpaired) electrons. The first kappa shape index (κ1) is 13.6. The molecule has 2 unspecified atom stereocenters. The molecule has 2 atom stereocenters. The molecule has 2 nitrogen and oxygen atoms in total. The van der Waals surface area contributed by atoms with E-state index < -0.39 is 0 Å². The van der Waals surface area contributed by atoms with Crippen LogP contribution in [0.3, 0.4) is 0 Å². The Morgan fingerprint density at radius 2 is 2.06 bits per heavy atom. The van der Waals surface area contributed by atoms with E-state index in [1.807, 2.05) is 0 Å². The number of unbranched alkanes of at least 4 members (excludes halogenated alkanes) is 1. The van der Waals surface area contributed by atoms with Crippen molar-refractivity contribution in [1.29, 1.82) is 0 Å². The van der Waals surface area contributed by atoms with Gasteiger partial charge in [0, 0.05) is 13.2 Å². The molecule has 2 heteroatoms. The molecule has 0 bridgehead atoms. The average Bonchev–Trinajstić information content (AvgIpc) is 2.81. The van der Waals surface area contributed by atoms with Crippen LogP contribution in [0.4, 0.5) is 0 Å². The van der Waals surface area contributed by atoms with Crippen molar-refractivity contribution >= 4 is 0 Å². The van der Waals surface area contributed by atoms with Crippen LogP contribution in [0.2, 0.25) is 0 Å². The number of nitrogens with one attached hydrogen (secondary N) is 1. The van der Waals surface area contributed by atoms with Crippen LogP contribution in [-0.4, -0.2) is 25.8 Å². The molecule has 1 N–H and O–H groups in total. The lowest BCUT2D eigenvalue weighted by atomic mass is 10.0. The van der Waals surface area contributed by atoms with Gasteiger partial charge < -0.3 is 10.1 Å². The van der Waals surface area contributed by atoms with Gasteiger partial charge in [0.15, 0.2) is 0 Å². The molecule has 1 saturated heterocycles. The molecule has 0 aromatic heterocycles. The van der Waals surface area contributed by atoms with Crippen LogP contribution < -0.4 is 5.32 Å². The van der Waals surface area contributed by atoms with Crippen molar-refractivity contribution in [3.63, 3.8) is 0 Å². The second kappa shape index (κ2) is 7.55. The Balaban J connectivity index is 1.49. The van der Waals surface area contributed by atoms with Gasteiger partial charge in [0.05, 0.1) is 6.10 Å². The number of rotatable bonds is 7. The van der Waals surface area contributed by atoms with E-state index in [9.17, 15) is 0 Å². The van der Waals surface area contributed by atoms with E-state index in [2.05, 4.69) is 42.6 Å². The third-order valence-corrected chi connectivity index (χ3v) is 3.85. The zero-order valence-electron chi connectivity index (χ0n) is 11.4. The van der Waals surface area contributed by atoms with Crippen LogP contribution in [0.1, 0.15) is 31.7 Å². The summed E-state index contributed by atoms with van der Waals surface area (Å²) in [6.07, 6.45) is 5.40. The van der Waals surface area contributed by atoms with Crippen molar-refractivity contribution in [3.8, 4) is 0 Å². The van der Waals surface area contributed by atoms with Crippen LogP contribution >= 0.6 is 0 Å². The number of ether oxygens (including phenoxy) is 1. The highest BCUT2D eigenvalue weighted by Crippen LogP contribution is 2.19. The molecule has 0 amide bonds. The van der Waals surface area contributed by atoms with E-state index in [-0.39, 0.29) is 0 Å². The van der Waals surface area contributed by atoms with Gasteiger partial charge in [0.25, 0.3) is 0 Å². The van der Waals surface area contributed by atoms with Crippen molar-refractivity contribution in [2.24, 2.45) is 5.92 Å². The van der Waals surface area contributed by atoms with Crippen molar-refractivity contribution in [2.75, 3.05) is 19.7 Å². The Hall–Kier alpha value is -0.860. The number of benzene rings is 1. The lowest BCUT2D eigenvalue weighted by Crippen LogP contribution is -2.27. The minimum absolute atomic E-state index is 0.446. The van der Waals surface area contributed by atoms with Crippen molar-refractivity contribution in [3.05, 3.63) is 35.9 Å². The van der Waals surface area contributed by atoms with Gasteiger partial charge in [0.2, 0.25) is 0 Å². The zero-order valence-corrected chi connectivity index (χ0v) is 11.4. The van der Waals surface area contributed by atoms with Gasteiger partial charge in [0.1, 0.15) is 0 Å². The highest BCUT2D eigenvalue weighted by molar-refractivity contribution is 5.14. The Morgan fingerprint density at radius 3 is 2.78 bits per heavy atom. The Kier molecular flexibility index (Phi) is 5.69. The molecule has 2 rings (SSSR count). The molecule has 1 aromatic carbocycles. The lowest BCUT2D eigenvalue weighted by Gasteiger charge is -2.14. The van der Waals surface area contributed by atoms with Crippen LogP contribution in [-0.2, 0) is 11.2 Å². The molecule has 100 valence electrons. The highest BCUT2D eigenvalue weighted by Gasteiger charge is 2.23. The van der Waals surface area contributed by atoms with Crippen LogP contribution in [0.15, 0.2) is 30.3 Å². The number of hydrogen-bond acceptors (Lipinski definition) is 2. The summed E-state index contributed by atoms with van der Waals surface area (Å²) in [6.45, 7) is 5.39. The Labute approximate surface area is 111 Å². The van der Waals surface area contributed by atoms with Gasteiger partial charge in [-0.25, -0.2) is 0 Å². The van der Waals surface area contributed by atoms with E-state index in [0.29, 0.717) is 6.10 Å². The Bertz CT molecular complexity index is 325. The fraction of sp³-hybridized carbons (Fsp3) is 0.625. The zero-order chi connectivity index (χ0) is 12.6. The molecule has 1 heterocycles. The SMILES string of the molecule is CC1OCCC1CNCCCCc1ccccc1. The minimum Gasteiger partial charge on any atom is -0.378 e. The van der Waals surface area contributed by atoms with Gasteiger partial charge in [-0.05, 0) is 50.6 Å². The molecule has 1 aliphatic heterocycles.